The Balaban J connectivity index is 1.42. The number of ether oxygens (including phenoxy) is 1. The zero-order valence-electron chi connectivity index (χ0n) is 18.5. The van der Waals surface area contributed by atoms with Crippen LogP contribution in [0, 0.1) is 4.77 Å². The molecule has 0 amide bonds. The summed E-state index contributed by atoms with van der Waals surface area (Å²) in [7, 11) is 0. The number of furan rings is 1. The van der Waals surface area contributed by atoms with E-state index in [1.54, 1.807) is 10.9 Å². The first-order valence-corrected chi connectivity index (χ1v) is 11.9. The van der Waals surface area contributed by atoms with Gasteiger partial charge in [-0.1, -0.05) is 41.9 Å². The molecule has 0 N–H and O–H groups in total. The highest BCUT2D eigenvalue weighted by molar-refractivity contribution is 7.71. The molecule has 7 nitrogen and oxygen atoms in total. The van der Waals surface area contributed by atoms with Crippen LogP contribution >= 0.6 is 23.8 Å². The van der Waals surface area contributed by atoms with Crippen molar-refractivity contribution in [3.63, 3.8) is 0 Å². The molecule has 1 aliphatic heterocycles. The zero-order chi connectivity index (χ0) is 23.3. The average molecular weight is 494 g/mol. The lowest BCUT2D eigenvalue weighted by molar-refractivity contribution is 0.0209. The Labute approximate surface area is 207 Å². The van der Waals surface area contributed by atoms with Crippen LogP contribution in [0.25, 0.3) is 11.3 Å². The fourth-order valence-electron chi connectivity index (χ4n) is 3.78. The summed E-state index contributed by atoms with van der Waals surface area (Å²) in [6.45, 7) is 3.75. The fraction of sp³-hybridized carbons (Fsp3) is 0.240. The maximum atomic E-state index is 5.99. The molecule has 0 spiro atoms. The number of nitrogens with zero attached hydrogens (tertiary/aromatic N) is 5. The van der Waals surface area contributed by atoms with Crippen LogP contribution in [0.2, 0.25) is 5.02 Å². The Morgan fingerprint density at radius 1 is 1.00 bits per heavy atom. The minimum Gasteiger partial charge on any atom is -0.455 e. The van der Waals surface area contributed by atoms with Gasteiger partial charge >= 0.3 is 0 Å². The van der Waals surface area contributed by atoms with Crippen LogP contribution in [-0.4, -0.2) is 51.9 Å². The number of hydrogen-bond donors (Lipinski definition) is 0. The van der Waals surface area contributed by atoms with Gasteiger partial charge in [0.2, 0.25) is 4.77 Å². The maximum absolute atomic E-state index is 5.99. The summed E-state index contributed by atoms with van der Waals surface area (Å²) in [4.78, 5) is 2.28. The molecule has 0 unspecified atom stereocenters. The van der Waals surface area contributed by atoms with Crippen molar-refractivity contribution in [1.29, 1.82) is 0 Å². The van der Waals surface area contributed by atoms with Gasteiger partial charge in [-0.15, -0.1) is 0 Å². The van der Waals surface area contributed by atoms with Crippen LogP contribution in [0.5, 0.6) is 0 Å². The third kappa shape index (κ3) is 5.37. The molecule has 1 aliphatic rings. The van der Waals surface area contributed by atoms with Gasteiger partial charge in [-0.05, 0) is 54.2 Å². The Morgan fingerprint density at radius 3 is 2.53 bits per heavy atom. The first-order chi connectivity index (χ1) is 16.7. The summed E-state index contributed by atoms with van der Waals surface area (Å²) in [6.07, 6.45) is 2.29. The lowest BCUT2D eigenvalue weighted by atomic mass is 10.1. The highest BCUT2D eigenvalue weighted by Gasteiger charge is 2.16. The zero-order valence-corrected chi connectivity index (χ0v) is 20.1. The number of halogens is 1. The molecule has 4 aromatic rings. The molecule has 2 aromatic carbocycles. The molecule has 0 saturated carbocycles. The Morgan fingerprint density at radius 2 is 1.76 bits per heavy atom. The Bertz CT molecular complexity index is 1320. The number of hydrogen-bond acceptors (Lipinski definition) is 6. The van der Waals surface area contributed by atoms with Gasteiger partial charge < -0.3 is 9.15 Å². The summed E-state index contributed by atoms with van der Waals surface area (Å²) in [5.74, 6) is 2.14. The minimum absolute atomic E-state index is 0.540. The topological polar surface area (TPSA) is 60.7 Å². The van der Waals surface area contributed by atoms with Gasteiger partial charge in [-0.2, -0.15) is 14.9 Å². The van der Waals surface area contributed by atoms with Crippen molar-refractivity contribution < 1.29 is 9.15 Å². The largest absolute Gasteiger partial charge is 0.455 e. The molecule has 0 aliphatic carbocycles. The Kier molecular flexibility index (Phi) is 7.01. The molecule has 9 heteroatoms. The summed E-state index contributed by atoms with van der Waals surface area (Å²) in [5.41, 5.74) is 2.09. The quantitative estimate of drug-likeness (QED) is 0.265. The molecular formula is C25H24ClN5O2S. The second-order valence-electron chi connectivity index (χ2n) is 8.00. The van der Waals surface area contributed by atoms with Crippen LogP contribution in [0.3, 0.4) is 0 Å². The minimum atomic E-state index is 0.540. The van der Waals surface area contributed by atoms with E-state index in [1.807, 2.05) is 59.3 Å². The molecule has 1 saturated heterocycles. The normalized spacial score (nSPS) is 14.7. The van der Waals surface area contributed by atoms with Gasteiger partial charge in [0.1, 0.15) is 11.5 Å². The van der Waals surface area contributed by atoms with E-state index in [9.17, 15) is 0 Å². The number of morpholine rings is 1. The van der Waals surface area contributed by atoms with E-state index in [0.717, 1.165) is 49.0 Å². The van der Waals surface area contributed by atoms with E-state index in [1.165, 1.54) is 0 Å². The van der Waals surface area contributed by atoms with E-state index in [-0.39, 0.29) is 0 Å². The predicted octanol–water partition coefficient (Wildman–Crippen LogP) is 5.09. The molecule has 0 bridgehead atoms. The van der Waals surface area contributed by atoms with Gasteiger partial charge in [-0.3, -0.25) is 4.90 Å². The first-order valence-electron chi connectivity index (χ1n) is 11.1. The van der Waals surface area contributed by atoms with Gasteiger partial charge in [0, 0.05) is 30.1 Å². The van der Waals surface area contributed by atoms with Crippen LogP contribution in [0.15, 0.2) is 76.2 Å². The predicted molar refractivity (Wildman–Crippen MR) is 135 cm³/mol. The van der Waals surface area contributed by atoms with Gasteiger partial charge in [0.05, 0.1) is 26.1 Å². The fourth-order valence-corrected chi connectivity index (χ4v) is 4.16. The standard InChI is InChI=1S/C25H24ClN5O2S/c26-21-8-6-20(7-9-21)23-11-10-22(33-23)17-27-31-24(16-19-4-2-1-3-5-19)28-30(25(31)34)18-29-12-14-32-15-13-29/h1-11,17H,12-16,18H2/b27-17+. The van der Waals surface area contributed by atoms with Crippen molar-refractivity contribution in [2.45, 2.75) is 13.1 Å². The lowest BCUT2D eigenvalue weighted by Gasteiger charge is -2.25. The van der Waals surface area contributed by atoms with Crippen LogP contribution in [0.4, 0.5) is 0 Å². The highest BCUT2D eigenvalue weighted by atomic mass is 35.5. The first kappa shape index (κ1) is 22.7. The lowest BCUT2D eigenvalue weighted by Crippen LogP contribution is -2.37. The molecule has 0 radical (unpaired) electrons. The number of benzene rings is 2. The summed E-state index contributed by atoms with van der Waals surface area (Å²) in [6, 6.07) is 21.5. The van der Waals surface area contributed by atoms with E-state index < -0.39 is 0 Å². The van der Waals surface area contributed by atoms with Crippen molar-refractivity contribution in [3.05, 3.63) is 93.7 Å². The third-order valence-electron chi connectivity index (χ3n) is 5.58. The van der Waals surface area contributed by atoms with Crippen molar-refractivity contribution in [1.82, 2.24) is 19.4 Å². The maximum Gasteiger partial charge on any atom is 0.220 e. The van der Waals surface area contributed by atoms with E-state index in [2.05, 4.69) is 22.1 Å². The van der Waals surface area contributed by atoms with Gasteiger partial charge in [0.15, 0.2) is 5.82 Å². The SMILES string of the molecule is S=c1n(CN2CCOCC2)nc(Cc2ccccc2)n1/N=C/c1ccc(-c2ccc(Cl)cc2)o1. The highest BCUT2D eigenvalue weighted by Crippen LogP contribution is 2.23. The van der Waals surface area contributed by atoms with E-state index in [0.29, 0.717) is 28.6 Å². The second kappa shape index (κ2) is 10.5. The molecule has 1 fully saturated rings. The molecule has 5 rings (SSSR count). The second-order valence-corrected chi connectivity index (χ2v) is 8.80. The van der Waals surface area contributed by atoms with Crippen molar-refractivity contribution in [3.8, 4) is 11.3 Å². The van der Waals surface area contributed by atoms with Crippen molar-refractivity contribution in [2.75, 3.05) is 26.3 Å². The van der Waals surface area contributed by atoms with Crippen LogP contribution in [-0.2, 0) is 17.8 Å². The van der Waals surface area contributed by atoms with Crippen molar-refractivity contribution in [2.24, 2.45) is 5.10 Å². The molecule has 34 heavy (non-hydrogen) atoms. The average Bonchev–Trinajstić information content (AvgIpc) is 3.44. The van der Waals surface area contributed by atoms with E-state index >= 15 is 0 Å². The van der Waals surface area contributed by atoms with Crippen LogP contribution < -0.4 is 0 Å². The third-order valence-corrected chi connectivity index (χ3v) is 6.22. The summed E-state index contributed by atoms with van der Waals surface area (Å²) in [5, 5.41) is 10.1. The summed E-state index contributed by atoms with van der Waals surface area (Å²) < 4.78 is 15.5. The summed E-state index contributed by atoms with van der Waals surface area (Å²) >= 11 is 11.7. The Hall–Kier alpha value is -3.04. The molecule has 174 valence electrons. The molecular weight excluding hydrogens is 470 g/mol. The van der Waals surface area contributed by atoms with Gasteiger partial charge in [-0.25, -0.2) is 4.68 Å². The van der Waals surface area contributed by atoms with Gasteiger partial charge in [0.25, 0.3) is 0 Å². The molecule has 0 atom stereocenters. The number of aromatic nitrogens is 3. The molecule has 3 heterocycles. The van der Waals surface area contributed by atoms with E-state index in [4.69, 9.17) is 38.1 Å². The van der Waals surface area contributed by atoms with Crippen molar-refractivity contribution >= 4 is 30.0 Å². The monoisotopic (exact) mass is 493 g/mol. The smallest absolute Gasteiger partial charge is 0.220 e. The van der Waals surface area contributed by atoms with Crippen LogP contribution in [0.1, 0.15) is 17.1 Å². The number of rotatable bonds is 7. The molecule has 2 aromatic heterocycles.